The van der Waals surface area contributed by atoms with Crippen LogP contribution >= 0.6 is 0 Å². The van der Waals surface area contributed by atoms with E-state index in [1.165, 1.54) is 0 Å². The molecule has 0 amide bonds. The molecule has 90 valence electrons. The zero-order chi connectivity index (χ0) is 11.7. The first-order valence-electron chi connectivity index (χ1n) is 5.88. The van der Waals surface area contributed by atoms with Crippen molar-refractivity contribution in [1.29, 1.82) is 0 Å². The topological polar surface area (TPSA) is 70.2 Å². The van der Waals surface area contributed by atoms with Gasteiger partial charge in [-0.25, -0.2) is 0 Å². The van der Waals surface area contributed by atoms with E-state index >= 15 is 0 Å². The fraction of sp³-hybridized carbons (Fsp3) is 0.417. The molecule has 0 atom stereocenters. The molecule has 1 fully saturated rings. The van der Waals surface area contributed by atoms with E-state index in [4.69, 9.17) is 4.74 Å². The minimum Gasteiger partial charge on any atom is -0.507 e. The van der Waals surface area contributed by atoms with Gasteiger partial charge >= 0.3 is 0 Å². The first-order chi connectivity index (χ1) is 8.34. The van der Waals surface area contributed by atoms with Crippen molar-refractivity contribution in [2.75, 3.05) is 13.1 Å². The highest BCUT2D eigenvalue weighted by molar-refractivity contribution is 5.89. The van der Waals surface area contributed by atoms with Crippen molar-refractivity contribution in [2.45, 2.75) is 18.9 Å². The van der Waals surface area contributed by atoms with Crippen LogP contribution in [-0.4, -0.2) is 34.5 Å². The number of nitrogens with one attached hydrogen (secondary N) is 2. The summed E-state index contributed by atoms with van der Waals surface area (Å²) >= 11 is 0. The van der Waals surface area contributed by atoms with Crippen molar-refractivity contribution in [3.05, 3.63) is 18.2 Å². The molecule has 0 saturated carbocycles. The highest BCUT2D eigenvalue weighted by Gasteiger charge is 2.18. The molecule has 0 aliphatic carbocycles. The fourth-order valence-electron chi connectivity index (χ4n) is 2.18. The van der Waals surface area contributed by atoms with Crippen LogP contribution in [0.3, 0.4) is 0 Å². The zero-order valence-electron chi connectivity index (χ0n) is 9.44. The molecule has 0 unspecified atom stereocenters. The van der Waals surface area contributed by atoms with Crippen LogP contribution in [0.15, 0.2) is 18.2 Å². The molecule has 3 N–H and O–H groups in total. The third-order valence-electron chi connectivity index (χ3n) is 3.10. The van der Waals surface area contributed by atoms with E-state index in [-0.39, 0.29) is 11.9 Å². The van der Waals surface area contributed by atoms with Gasteiger partial charge in [-0.15, -0.1) is 5.10 Å². The van der Waals surface area contributed by atoms with Gasteiger partial charge in [-0.1, -0.05) is 6.07 Å². The summed E-state index contributed by atoms with van der Waals surface area (Å²) in [7, 11) is 0. The number of fused-ring (bicyclic) bond motifs is 1. The predicted octanol–water partition coefficient (Wildman–Crippen LogP) is 1.40. The van der Waals surface area contributed by atoms with Crippen molar-refractivity contribution in [1.82, 2.24) is 15.5 Å². The van der Waals surface area contributed by atoms with Crippen LogP contribution in [0, 0.1) is 0 Å². The van der Waals surface area contributed by atoms with Gasteiger partial charge in [0.1, 0.15) is 17.2 Å². The number of benzene rings is 1. The van der Waals surface area contributed by atoms with Crippen LogP contribution in [0.1, 0.15) is 12.8 Å². The summed E-state index contributed by atoms with van der Waals surface area (Å²) < 4.78 is 5.85. The number of ether oxygens (including phenoxy) is 1. The summed E-state index contributed by atoms with van der Waals surface area (Å²) in [5, 5.41) is 20.8. The number of nitrogens with zero attached hydrogens (tertiary/aromatic N) is 1. The number of hydrogen-bond acceptors (Lipinski definition) is 4. The largest absolute Gasteiger partial charge is 0.507 e. The molecule has 17 heavy (non-hydrogen) atoms. The molecule has 0 bridgehead atoms. The predicted molar refractivity (Wildman–Crippen MR) is 64.3 cm³/mol. The molecule has 3 rings (SSSR count). The molecule has 1 aliphatic heterocycles. The Hall–Kier alpha value is -1.75. The molecule has 1 aromatic carbocycles. The molecule has 0 spiro atoms. The van der Waals surface area contributed by atoms with Crippen LogP contribution in [0.4, 0.5) is 0 Å². The van der Waals surface area contributed by atoms with Crippen molar-refractivity contribution < 1.29 is 9.84 Å². The summed E-state index contributed by atoms with van der Waals surface area (Å²) in [5.41, 5.74) is 0.800. The molecule has 2 aromatic rings. The van der Waals surface area contributed by atoms with E-state index in [0.717, 1.165) is 31.4 Å². The maximum atomic E-state index is 9.82. The Kier molecular flexibility index (Phi) is 2.60. The van der Waals surface area contributed by atoms with E-state index in [1.54, 1.807) is 12.1 Å². The number of piperidine rings is 1. The van der Waals surface area contributed by atoms with E-state index in [1.807, 2.05) is 6.07 Å². The molecule has 5 nitrogen and oxygen atoms in total. The van der Waals surface area contributed by atoms with Gasteiger partial charge in [0, 0.05) is 0 Å². The Morgan fingerprint density at radius 1 is 1.29 bits per heavy atom. The Morgan fingerprint density at radius 3 is 2.94 bits per heavy atom. The van der Waals surface area contributed by atoms with Crippen molar-refractivity contribution in [3.63, 3.8) is 0 Å². The highest BCUT2D eigenvalue weighted by atomic mass is 16.5. The number of aromatic hydroxyl groups is 1. The number of aromatic nitrogens is 2. The average molecular weight is 233 g/mol. The Morgan fingerprint density at radius 2 is 2.12 bits per heavy atom. The Balaban J connectivity index is 1.89. The standard InChI is InChI=1S/C12H15N3O2/c16-10-3-1-2-9-11(10)12(15-14-9)17-8-4-6-13-7-5-8/h1-3,8,13,16H,4-7H2,(H,14,15). The summed E-state index contributed by atoms with van der Waals surface area (Å²) in [6.07, 6.45) is 2.13. The van der Waals surface area contributed by atoms with Crippen LogP contribution in [0.5, 0.6) is 11.6 Å². The number of H-pyrrole nitrogens is 1. The van der Waals surface area contributed by atoms with E-state index in [0.29, 0.717) is 11.3 Å². The zero-order valence-corrected chi connectivity index (χ0v) is 9.44. The second kappa shape index (κ2) is 4.25. The smallest absolute Gasteiger partial charge is 0.244 e. The second-order valence-electron chi connectivity index (χ2n) is 4.30. The lowest BCUT2D eigenvalue weighted by Crippen LogP contribution is -2.34. The third kappa shape index (κ3) is 1.93. The summed E-state index contributed by atoms with van der Waals surface area (Å²) in [4.78, 5) is 0. The van der Waals surface area contributed by atoms with Crippen molar-refractivity contribution in [2.24, 2.45) is 0 Å². The number of hydrogen-bond donors (Lipinski definition) is 3. The van der Waals surface area contributed by atoms with Gasteiger partial charge in [0.05, 0.1) is 5.52 Å². The van der Waals surface area contributed by atoms with Crippen LogP contribution < -0.4 is 10.1 Å². The normalized spacial score (nSPS) is 17.4. The van der Waals surface area contributed by atoms with E-state index < -0.39 is 0 Å². The average Bonchev–Trinajstić information content (AvgIpc) is 2.75. The molecule has 1 aliphatic rings. The maximum absolute atomic E-state index is 9.82. The third-order valence-corrected chi connectivity index (χ3v) is 3.10. The van der Waals surface area contributed by atoms with Gasteiger partial charge < -0.3 is 15.2 Å². The molecular formula is C12H15N3O2. The molecule has 0 radical (unpaired) electrons. The van der Waals surface area contributed by atoms with Gasteiger partial charge in [0.2, 0.25) is 5.88 Å². The van der Waals surface area contributed by atoms with Gasteiger partial charge in [-0.3, -0.25) is 5.10 Å². The van der Waals surface area contributed by atoms with Gasteiger partial charge in [0.25, 0.3) is 0 Å². The van der Waals surface area contributed by atoms with Crippen LogP contribution in [-0.2, 0) is 0 Å². The summed E-state index contributed by atoms with van der Waals surface area (Å²) in [6.45, 7) is 1.94. The lowest BCUT2D eigenvalue weighted by molar-refractivity contribution is 0.157. The lowest BCUT2D eigenvalue weighted by Gasteiger charge is -2.22. The lowest BCUT2D eigenvalue weighted by atomic mass is 10.1. The van der Waals surface area contributed by atoms with Gasteiger partial charge in [-0.2, -0.15) is 0 Å². The van der Waals surface area contributed by atoms with Crippen LogP contribution in [0.25, 0.3) is 10.9 Å². The minimum absolute atomic E-state index is 0.183. The quantitative estimate of drug-likeness (QED) is 0.733. The van der Waals surface area contributed by atoms with Crippen LogP contribution in [0.2, 0.25) is 0 Å². The number of rotatable bonds is 2. The molecule has 2 heterocycles. The van der Waals surface area contributed by atoms with Gasteiger partial charge in [-0.05, 0) is 38.1 Å². The molecule has 1 aromatic heterocycles. The highest BCUT2D eigenvalue weighted by Crippen LogP contribution is 2.32. The molecule has 5 heteroatoms. The number of phenolic OH excluding ortho intramolecular Hbond substituents is 1. The monoisotopic (exact) mass is 233 g/mol. The Bertz CT molecular complexity index is 517. The second-order valence-corrected chi connectivity index (χ2v) is 4.30. The summed E-state index contributed by atoms with van der Waals surface area (Å²) in [6, 6.07) is 5.30. The first kappa shape index (κ1) is 10.4. The maximum Gasteiger partial charge on any atom is 0.244 e. The van der Waals surface area contributed by atoms with Gasteiger partial charge in [0.15, 0.2) is 0 Å². The molecular weight excluding hydrogens is 218 g/mol. The Labute approximate surface area is 98.8 Å². The fourth-order valence-corrected chi connectivity index (χ4v) is 2.18. The number of phenols is 1. The summed E-state index contributed by atoms with van der Waals surface area (Å²) in [5.74, 6) is 0.713. The number of aromatic amines is 1. The van der Waals surface area contributed by atoms with E-state index in [2.05, 4.69) is 15.5 Å². The van der Waals surface area contributed by atoms with Crippen molar-refractivity contribution >= 4 is 10.9 Å². The van der Waals surface area contributed by atoms with E-state index in [9.17, 15) is 5.11 Å². The van der Waals surface area contributed by atoms with Crippen molar-refractivity contribution in [3.8, 4) is 11.6 Å². The minimum atomic E-state index is 0.183. The SMILES string of the molecule is Oc1cccc2[nH]nc(OC3CCNCC3)c12. The first-order valence-corrected chi connectivity index (χ1v) is 5.88. The molecule has 1 saturated heterocycles.